The third-order valence-electron chi connectivity index (χ3n) is 5.44. The molecule has 0 bridgehead atoms. The second-order valence-corrected chi connectivity index (χ2v) is 8.13. The van der Waals surface area contributed by atoms with E-state index in [0.717, 1.165) is 18.9 Å². The average Bonchev–Trinajstić information content (AvgIpc) is 3.59. The first-order valence-corrected chi connectivity index (χ1v) is 10.6. The number of alkyl halides is 3. The van der Waals surface area contributed by atoms with Crippen molar-refractivity contribution in [3.8, 4) is 0 Å². The second-order valence-electron chi connectivity index (χ2n) is 8.13. The maximum absolute atomic E-state index is 13.2. The molecule has 1 aliphatic rings. The first-order valence-electron chi connectivity index (χ1n) is 10.6. The zero-order valence-electron chi connectivity index (χ0n) is 18.5. The van der Waals surface area contributed by atoms with E-state index in [1.807, 2.05) is 0 Å². The fraction of sp³-hybridized carbons (Fsp3) is 0.250. The van der Waals surface area contributed by atoms with E-state index in [2.05, 4.69) is 25.9 Å². The molecule has 176 valence electrons. The van der Waals surface area contributed by atoms with Gasteiger partial charge >= 0.3 is 6.18 Å². The number of nitrogens with one attached hydrogen (secondary N) is 3. The Morgan fingerprint density at radius 3 is 2.21 bits per heavy atom. The molecule has 1 saturated carbocycles. The minimum absolute atomic E-state index is 0.0987. The molecule has 1 fully saturated rings. The summed E-state index contributed by atoms with van der Waals surface area (Å²) in [6.07, 6.45) is 0.591. The molecule has 0 unspecified atom stereocenters. The number of halogens is 3. The van der Waals surface area contributed by atoms with Crippen LogP contribution in [0, 0.1) is 13.8 Å². The van der Waals surface area contributed by atoms with Crippen LogP contribution < -0.4 is 16.0 Å². The molecular formula is C24H22F3N5O2. The average molecular weight is 469 g/mol. The Hall–Kier alpha value is -3.95. The number of hydrogen-bond donors (Lipinski definition) is 3. The van der Waals surface area contributed by atoms with Gasteiger partial charge in [0.2, 0.25) is 5.95 Å². The van der Waals surface area contributed by atoms with Crippen molar-refractivity contribution in [3.05, 3.63) is 76.6 Å². The van der Waals surface area contributed by atoms with Gasteiger partial charge in [0.1, 0.15) is 0 Å². The number of hydrogen-bond acceptors (Lipinski definition) is 5. The molecule has 4 rings (SSSR count). The quantitative estimate of drug-likeness (QED) is 0.462. The monoisotopic (exact) mass is 469 g/mol. The Balaban J connectivity index is 1.48. The van der Waals surface area contributed by atoms with Crippen LogP contribution in [0.1, 0.15) is 50.2 Å². The zero-order valence-corrected chi connectivity index (χ0v) is 18.5. The van der Waals surface area contributed by atoms with Gasteiger partial charge in [-0.3, -0.25) is 9.59 Å². The predicted molar refractivity (Wildman–Crippen MR) is 122 cm³/mol. The summed E-state index contributed by atoms with van der Waals surface area (Å²) in [6.45, 7) is 2.98. The molecule has 34 heavy (non-hydrogen) atoms. The molecule has 0 atom stereocenters. The smallest absolute Gasteiger partial charge is 0.351 e. The summed E-state index contributed by atoms with van der Waals surface area (Å²) in [5, 5.41) is 8.44. The minimum atomic E-state index is -4.56. The number of benzene rings is 2. The van der Waals surface area contributed by atoms with Gasteiger partial charge < -0.3 is 16.0 Å². The zero-order chi connectivity index (χ0) is 24.5. The van der Waals surface area contributed by atoms with Crippen LogP contribution in [-0.2, 0) is 6.18 Å². The van der Waals surface area contributed by atoms with Crippen LogP contribution in [0.2, 0.25) is 0 Å². The molecule has 0 spiro atoms. The topological polar surface area (TPSA) is 96.0 Å². The van der Waals surface area contributed by atoms with Crippen molar-refractivity contribution in [2.45, 2.75) is 38.9 Å². The van der Waals surface area contributed by atoms with Crippen molar-refractivity contribution < 1.29 is 22.8 Å². The van der Waals surface area contributed by atoms with Crippen molar-refractivity contribution in [1.82, 2.24) is 9.97 Å². The molecular weight excluding hydrogens is 447 g/mol. The molecule has 3 aromatic rings. The third kappa shape index (κ3) is 5.33. The summed E-state index contributed by atoms with van der Waals surface area (Å²) in [4.78, 5) is 33.8. The number of nitrogens with zero attached hydrogens (tertiary/aromatic N) is 2. The lowest BCUT2D eigenvalue weighted by atomic mass is 10.0. The van der Waals surface area contributed by atoms with E-state index in [1.165, 1.54) is 37.5 Å². The number of rotatable bonds is 6. The number of anilines is 3. The fourth-order valence-electron chi connectivity index (χ4n) is 3.41. The van der Waals surface area contributed by atoms with Crippen molar-refractivity contribution in [2.24, 2.45) is 0 Å². The Bertz CT molecular complexity index is 1240. The second kappa shape index (κ2) is 9.12. The lowest BCUT2D eigenvalue weighted by molar-refractivity contribution is -0.138. The lowest BCUT2D eigenvalue weighted by Gasteiger charge is -2.14. The maximum Gasteiger partial charge on any atom is 0.416 e. The molecule has 2 aromatic carbocycles. The highest BCUT2D eigenvalue weighted by Gasteiger charge is 2.33. The van der Waals surface area contributed by atoms with E-state index in [4.69, 9.17) is 0 Å². The fourth-order valence-corrected chi connectivity index (χ4v) is 3.41. The maximum atomic E-state index is 13.2. The van der Waals surface area contributed by atoms with Gasteiger partial charge in [-0.1, -0.05) is 12.1 Å². The summed E-state index contributed by atoms with van der Waals surface area (Å²) < 4.78 is 39.5. The van der Waals surface area contributed by atoms with Crippen molar-refractivity contribution in [1.29, 1.82) is 0 Å². The molecule has 2 amide bonds. The Morgan fingerprint density at radius 1 is 0.912 bits per heavy atom. The predicted octanol–water partition coefficient (Wildman–Crippen LogP) is 5.19. The number of aryl methyl sites for hydroxylation is 1. The van der Waals surface area contributed by atoms with E-state index < -0.39 is 23.6 Å². The van der Waals surface area contributed by atoms with Gasteiger partial charge in [0.15, 0.2) is 0 Å². The van der Waals surface area contributed by atoms with Crippen LogP contribution in [0.15, 0.2) is 48.8 Å². The Kier molecular flexibility index (Phi) is 6.23. The molecule has 0 radical (unpaired) electrons. The molecule has 7 nitrogen and oxygen atoms in total. The van der Waals surface area contributed by atoms with E-state index in [9.17, 15) is 22.8 Å². The van der Waals surface area contributed by atoms with Crippen molar-refractivity contribution in [2.75, 3.05) is 16.0 Å². The lowest BCUT2D eigenvalue weighted by Crippen LogP contribution is -2.18. The van der Waals surface area contributed by atoms with Crippen LogP contribution in [-0.4, -0.2) is 27.8 Å². The van der Waals surface area contributed by atoms with Crippen molar-refractivity contribution in [3.63, 3.8) is 0 Å². The highest BCUT2D eigenvalue weighted by molar-refractivity contribution is 6.08. The van der Waals surface area contributed by atoms with Crippen LogP contribution in [0.5, 0.6) is 0 Å². The van der Waals surface area contributed by atoms with Gasteiger partial charge in [-0.05, 0) is 62.1 Å². The normalized spacial score (nSPS) is 13.3. The summed E-state index contributed by atoms with van der Waals surface area (Å²) in [5.74, 6) is -0.646. The van der Waals surface area contributed by atoms with Crippen molar-refractivity contribution >= 4 is 29.1 Å². The van der Waals surface area contributed by atoms with E-state index in [-0.39, 0.29) is 16.8 Å². The van der Waals surface area contributed by atoms with Crippen LogP contribution in [0.4, 0.5) is 30.5 Å². The van der Waals surface area contributed by atoms with E-state index in [1.54, 1.807) is 19.1 Å². The largest absolute Gasteiger partial charge is 0.416 e. The van der Waals surface area contributed by atoms with Gasteiger partial charge in [-0.15, -0.1) is 0 Å². The first kappa shape index (κ1) is 23.2. The minimum Gasteiger partial charge on any atom is -0.351 e. The van der Waals surface area contributed by atoms with E-state index in [0.29, 0.717) is 28.8 Å². The molecule has 1 heterocycles. The SMILES string of the molecule is Cc1ccc(NC(=O)c2cccc(C(F)(F)F)c2C)cc1C(=O)Nc1cnc(NC2CC2)nc1. The number of aromatic nitrogens is 2. The third-order valence-corrected chi connectivity index (χ3v) is 5.44. The molecule has 1 aromatic heterocycles. The molecule has 3 N–H and O–H groups in total. The summed E-state index contributed by atoms with van der Waals surface area (Å²) >= 11 is 0. The Morgan fingerprint density at radius 2 is 1.56 bits per heavy atom. The first-order chi connectivity index (χ1) is 16.1. The van der Waals surface area contributed by atoms with Gasteiger partial charge in [0, 0.05) is 22.9 Å². The van der Waals surface area contributed by atoms with E-state index >= 15 is 0 Å². The number of carbonyl (C=O) groups excluding carboxylic acids is 2. The highest BCUT2D eigenvalue weighted by atomic mass is 19.4. The number of carbonyl (C=O) groups is 2. The molecule has 0 saturated heterocycles. The van der Waals surface area contributed by atoms with Gasteiger partial charge in [0.25, 0.3) is 11.8 Å². The van der Waals surface area contributed by atoms with Crippen LogP contribution >= 0.6 is 0 Å². The summed E-state index contributed by atoms with van der Waals surface area (Å²) in [7, 11) is 0. The van der Waals surface area contributed by atoms with Gasteiger partial charge in [-0.25, -0.2) is 9.97 Å². The Labute approximate surface area is 193 Å². The molecule has 0 aliphatic heterocycles. The molecule has 1 aliphatic carbocycles. The van der Waals surface area contributed by atoms with Crippen LogP contribution in [0.25, 0.3) is 0 Å². The standard InChI is InChI=1S/C24H22F3N5O2/c1-13-6-7-16(30-21(33)18-4-3-5-20(14(18)2)24(25,26)27)10-19(13)22(34)31-17-11-28-23(29-12-17)32-15-8-9-15/h3-7,10-12,15H,8-9H2,1-2H3,(H,30,33)(H,31,34)(H,28,29,32). The van der Waals surface area contributed by atoms with Crippen LogP contribution in [0.3, 0.4) is 0 Å². The summed E-state index contributed by atoms with van der Waals surface area (Å²) in [5.41, 5.74) is 0.482. The highest BCUT2D eigenvalue weighted by Crippen LogP contribution is 2.33. The van der Waals surface area contributed by atoms with Gasteiger partial charge in [-0.2, -0.15) is 13.2 Å². The van der Waals surface area contributed by atoms with Gasteiger partial charge in [0.05, 0.1) is 23.6 Å². The number of amides is 2. The summed E-state index contributed by atoms with van der Waals surface area (Å²) in [6, 6.07) is 8.53. The molecule has 10 heteroatoms.